The first-order valence-corrected chi connectivity index (χ1v) is 11.1. The predicted octanol–water partition coefficient (Wildman–Crippen LogP) is 3.56. The van der Waals surface area contributed by atoms with Gasteiger partial charge in [-0.3, -0.25) is 4.79 Å². The first-order chi connectivity index (χ1) is 15.9. The lowest BCUT2D eigenvalue weighted by Gasteiger charge is -2.15. The van der Waals surface area contributed by atoms with Crippen molar-refractivity contribution in [2.45, 2.75) is 12.5 Å². The Morgan fingerprint density at radius 3 is 2.88 bits per heavy atom. The monoisotopic (exact) mass is 463 g/mol. The average Bonchev–Trinajstić information content (AvgIpc) is 3.54. The SMILES string of the molecule is C=CC(=O)N1CCC(n2cc(-c3cc4cc(C(=O)O)cc(OC)c4s3)c3c(N)ncnc32)C1. The zero-order chi connectivity index (χ0) is 23.3. The van der Waals surface area contributed by atoms with Crippen molar-refractivity contribution in [2.24, 2.45) is 0 Å². The minimum atomic E-state index is -1.02. The topological polar surface area (TPSA) is 124 Å². The Morgan fingerprint density at radius 2 is 2.15 bits per heavy atom. The first kappa shape index (κ1) is 21.0. The van der Waals surface area contributed by atoms with Crippen LogP contribution < -0.4 is 10.5 Å². The molecule has 5 rings (SSSR count). The van der Waals surface area contributed by atoms with E-state index in [1.54, 1.807) is 11.0 Å². The summed E-state index contributed by atoms with van der Waals surface area (Å²) < 4.78 is 8.36. The van der Waals surface area contributed by atoms with Crippen molar-refractivity contribution in [3.8, 4) is 16.2 Å². The number of ether oxygens (including phenoxy) is 1. The first-order valence-electron chi connectivity index (χ1n) is 10.3. The van der Waals surface area contributed by atoms with Gasteiger partial charge in [-0.2, -0.15) is 0 Å². The highest BCUT2D eigenvalue weighted by molar-refractivity contribution is 7.22. The van der Waals surface area contributed by atoms with Gasteiger partial charge in [0.1, 0.15) is 23.5 Å². The number of carbonyl (C=O) groups is 2. The summed E-state index contributed by atoms with van der Waals surface area (Å²) in [4.78, 5) is 35.0. The molecule has 4 aromatic rings. The van der Waals surface area contributed by atoms with Gasteiger partial charge in [0, 0.05) is 29.7 Å². The number of carboxylic acid groups (broad SMARTS) is 1. The minimum Gasteiger partial charge on any atom is -0.495 e. The summed E-state index contributed by atoms with van der Waals surface area (Å²) in [6.07, 6.45) is 5.55. The molecule has 1 aliphatic rings. The summed E-state index contributed by atoms with van der Waals surface area (Å²) in [6, 6.07) is 5.13. The predicted molar refractivity (Wildman–Crippen MR) is 127 cm³/mol. The van der Waals surface area contributed by atoms with E-state index in [0.717, 1.165) is 32.3 Å². The van der Waals surface area contributed by atoms with E-state index in [-0.39, 0.29) is 17.5 Å². The molecule has 3 aromatic heterocycles. The molecule has 0 aliphatic carbocycles. The number of nitrogens with zero attached hydrogens (tertiary/aromatic N) is 4. The lowest BCUT2D eigenvalue weighted by atomic mass is 10.1. The van der Waals surface area contributed by atoms with Crippen LogP contribution in [0.15, 0.2) is 43.4 Å². The van der Waals surface area contributed by atoms with Crippen molar-refractivity contribution >= 4 is 50.2 Å². The van der Waals surface area contributed by atoms with E-state index < -0.39 is 5.97 Å². The van der Waals surface area contributed by atoms with Crippen LogP contribution in [0.1, 0.15) is 22.8 Å². The van der Waals surface area contributed by atoms with Gasteiger partial charge in [-0.15, -0.1) is 11.3 Å². The molecule has 1 amide bonds. The summed E-state index contributed by atoms with van der Waals surface area (Å²) >= 11 is 1.49. The van der Waals surface area contributed by atoms with Crippen LogP contribution in [0.4, 0.5) is 5.82 Å². The third-order valence-electron chi connectivity index (χ3n) is 6.00. The number of hydrogen-bond acceptors (Lipinski definition) is 7. The Bertz CT molecular complexity index is 1440. The molecule has 1 aliphatic heterocycles. The summed E-state index contributed by atoms with van der Waals surface area (Å²) in [7, 11) is 1.52. The second-order valence-corrected chi connectivity index (χ2v) is 8.90. The van der Waals surface area contributed by atoms with Gasteiger partial charge in [-0.1, -0.05) is 6.58 Å². The largest absolute Gasteiger partial charge is 0.495 e. The number of thiophene rings is 1. The fraction of sp³-hybridized carbons (Fsp3) is 0.217. The number of nitrogen functional groups attached to an aromatic ring is 1. The maximum absolute atomic E-state index is 12.1. The zero-order valence-electron chi connectivity index (χ0n) is 17.8. The number of carboxylic acids is 1. The highest BCUT2D eigenvalue weighted by Crippen LogP contribution is 2.43. The maximum atomic E-state index is 12.1. The highest BCUT2D eigenvalue weighted by atomic mass is 32.1. The molecule has 1 aromatic carbocycles. The molecule has 1 unspecified atom stereocenters. The highest BCUT2D eigenvalue weighted by Gasteiger charge is 2.29. The van der Waals surface area contributed by atoms with E-state index in [4.69, 9.17) is 10.5 Å². The fourth-order valence-corrected chi connectivity index (χ4v) is 5.55. The molecule has 168 valence electrons. The number of benzene rings is 1. The Hall–Kier alpha value is -3.92. The van der Waals surface area contributed by atoms with Crippen molar-refractivity contribution < 1.29 is 19.4 Å². The van der Waals surface area contributed by atoms with Crippen molar-refractivity contribution in [3.05, 3.63) is 48.9 Å². The molecule has 0 radical (unpaired) electrons. The quantitative estimate of drug-likeness (QED) is 0.434. The Labute approximate surface area is 192 Å². The Morgan fingerprint density at radius 1 is 1.33 bits per heavy atom. The normalized spacial score (nSPS) is 15.9. The fourth-order valence-electron chi connectivity index (χ4n) is 4.40. The van der Waals surface area contributed by atoms with Crippen LogP contribution >= 0.6 is 11.3 Å². The Kier molecular flexibility index (Phi) is 5.01. The lowest BCUT2D eigenvalue weighted by Crippen LogP contribution is -2.27. The second-order valence-electron chi connectivity index (χ2n) is 7.85. The van der Waals surface area contributed by atoms with Crippen LogP contribution in [0.25, 0.3) is 31.6 Å². The van der Waals surface area contributed by atoms with Gasteiger partial charge in [0.25, 0.3) is 0 Å². The maximum Gasteiger partial charge on any atom is 0.335 e. The van der Waals surface area contributed by atoms with Gasteiger partial charge in [-0.05, 0) is 36.1 Å². The number of carbonyl (C=O) groups excluding carboxylic acids is 1. The van der Waals surface area contributed by atoms with Gasteiger partial charge in [-0.25, -0.2) is 14.8 Å². The third kappa shape index (κ3) is 3.39. The molecule has 1 saturated heterocycles. The number of nitrogens with two attached hydrogens (primary N) is 1. The summed E-state index contributed by atoms with van der Waals surface area (Å²) in [5.74, 6) is -0.240. The van der Waals surface area contributed by atoms with Gasteiger partial charge < -0.3 is 25.0 Å². The van der Waals surface area contributed by atoms with Crippen molar-refractivity contribution in [2.75, 3.05) is 25.9 Å². The van der Waals surface area contributed by atoms with Crippen LogP contribution in [0.3, 0.4) is 0 Å². The van der Waals surface area contributed by atoms with E-state index in [9.17, 15) is 14.7 Å². The Balaban J connectivity index is 1.66. The van der Waals surface area contributed by atoms with Crippen LogP contribution in [0.5, 0.6) is 5.75 Å². The van der Waals surface area contributed by atoms with Gasteiger partial charge in [0.2, 0.25) is 5.91 Å². The van der Waals surface area contributed by atoms with E-state index in [1.165, 1.54) is 36.9 Å². The van der Waals surface area contributed by atoms with Crippen LogP contribution in [-0.4, -0.2) is 56.6 Å². The molecule has 1 fully saturated rings. The van der Waals surface area contributed by atoms with Crippen molar-refractivity contribution in [1.29, 1.82) is 0 Å². The molecule has 33 heavy (non-hydrogen) atoms. The number of anilines is 1. The number of amides is 1. The number of likely N-dealkylation sites (tertiary alicyclic amines) is 1. The van der Waals surface area contributed by atoms with Gasteiger partial charge in [0.05, 0.1) is 28.8 Å². The van der Waals surface area contributed by atoms with E-state index in [0.29, 0.717) is 30.3 Å². The molecular weight excluding hydrogens is 442 g/mol. The number of hydrogen-bond donors (Lipinski definition) is 2. The van der Waals surface area contributed by atoms with E-state index in [2.05, 4.69) is 21.1 Å². The second kappa shape index (κ2) is 7.89. The molecule has 0 spiro atoms. The molecule has 4 heterocycles. The zero-order valence-corrected chi connectivity index (χ0v) is 18.6. The summed E-state index contributed by atoms with van der Waals surface area (Å²) in [5.41, 5.74) is 7.99. The van der Waals surface area contributed by atoms with Crippen molar-refractivity contribution in [1.82, 2.24) is 19.4 Å². The van der Waals surface area contributed by atoms with Crippen LogP contribution in [-0.2, 0) is 4.79 Å². The molecule has 9 nitrogen and oxygen atoms in total. The average molecular weight is 464 g/mol. The van der Waals surface area contributed by atoms with E-state index in [1.807, 2.05) is 12.3 Å². The van der Waals surface area contributed by atoms with Crippen LogP contribution in [0, 0.1) is 0 Å². The lowest BCUT2D eigenvalue weighted by molar-refractivity contribution is -0.125. The summed E-state index contributed by atoms with van der Waals surface area (Å²) in [5, 5.41) is 10.9. The number of aromatic carboxylic acids is 1. The number of methoxy groups -OCH3 is 1. The standard InChI is InChI=1S/C23H21N5O4S/c1-3-18(29)27-5-4-14(9-27)28-10-15(19-21(24)25-11-26-22(19)28)17-8-12-6-13(23(30)31)7-16(32-2)20(12)33-17/h3,6-8,10-11,14H,1,4-5,9H2,2H3,(H,30,31)(H2,24,25,26). The molecule has 0 bridgehead atoms. The summed E-state index contributed by atoms with van der Waals surface area (Å²) in [6.45, 7) is 4.78. The molecule has 10 heteroatoms. The molecular formula is C23H21N5O4S. The number of rotatable bonds is 5. The number of aromatic nitrogens is 3. The molecule has 1 atom stereocenters. The minimum absolute atomic E-state index is 0.0435. The number of fused-ring (bicyclic) bond motifs is 2. The third-order valence-corrected chi connectivity index (χ3v) is 7.19. The van der Waals surface area contributed by atoms with E-state index >= 15 is 0 Å². The van der Waals surface area contributed by atoms with Crippen LogP contribution in [0.2, 0.25) is 0 Å². The molecule has 3 N–H and O–H groups in total. The van der Waals surface area contributed by atoms with Crippen molar-refractivity contribution in [3.63, 3.8) is 0 Å². The smallest absolute Gasteiger partial charge is 0.335 e. The van der Waals surface area contributed by atoms with Gasteiger partial charge >= 0.3 is 5.97 Å². The van der Waals surface area contributed by atoms with Gasteiger partial charge in [0.15, 0.2) is 0 Å². The molecule has 0 saturated carbocycles.